The van der Waals surface area contributed by atoms with Gasteiger partial charge in [-0.25, -0.2) is 4.79 Å². The van der Waals surface area contributed by atoms with E-state index in [0.29, 0.717) is 19.8 Å². The molecule has 0 rings (SSSR count). The van der Waals surface area contributed by atoms with Crippen LogP contribution in [0.25, 0.3) is 0 Å². The van der Waals surface area contributed by atoms with Gasteiger partial charge in [-0.05, 0) is 13.8 Å². The van der Waals surface area contributed by atoms with E-state index in [1.54, 1.807) is 6.92 Å². The average molecular weight is 211 g/mol. The first-order chi connectivity index (χ1) is 6.16. The predicted octanol–water partition coefficient (Wildman–Crippen LogP) is 1.80. The number of ether oxygens (including phenoxy) is 3. The highest BCUT2D eigenvalue weighted by Gasteiger charge is 2.04. The molecule has 0 aliphatic heterocycles. The van der Waals surface area contributed by atoms with Gasteiger partial charge in [0.15, 0.2) is 0 Å². The van der Waals surface area contributed by atoms with Crippen LogP contribution in [-0.2, 0) is 14.2 Å². The van der Waals surface area contributed by atoms with Gasteiger partial charge in [0.2, 0.25) is 0 Å². The summed E-state index contributed by atoms with van der Waals surface area (Å²) < 4.78 is 14.8. The quantitative estimate of drug-likeness (QED) is 0.475. The van der Waals surface area contributed by atoms with Crippen LogP contribution in [0, 0.1) is 0 Å². The van der Waals surface area contributed by atoms with Crippen LogP contribution in [0.15, 0.2) is 0 Å². The van der Waals surface area contributed by atoms with Crippen molar-refractivity contribution in [1.29, 1.82) is 0 Å². The Morgan fingerprint density at radius 3 is 2.69 bits per heavy atom. The van der Waals surface area contributed by atoms with E-state index in [-0.39, 0.29) is 12.7 Å². The molecule has 0 aromatic carbocycles. The van der Waals surface area contributed by atoms with Crippen LogP contribution in [0.5, 0.6) is 0 Å². The Hall–Kier alpha value is -0.320. The molecule has 0 fully saturated rings. The molecule has 0 saturated heterocycles. The van der Waals surface area contributed by atoms with E-state index in [2.05, 4.69) is 4.74 Å². The molecule has 0 heterocycles. The van der Waals surface area contributed by atoms with Crippen LogP contribution >= 0.6 is 11.6 Å². The molecule has 0 saturated carbocycles. The Bertz CT molecular complexity index is 140. The van der Waals surface area contributed by atoms with Crippen molar-refractivity contribution >= 4 is 17.0 Å². The molecule has 4 nitrogen and oxygen atoms in total. The van der Waals surface area contributed by atoms with Crippen LogP contribution < -0.4 is 0 Å². The summed E-state index contributed by atoms with van der Waals surface area (Å²) in [6.45, 7) is 5.61. The van der Waals surface area contributed by atoms with Crippen molar-refractivity contribution in [3.05, 3.63) is 0 Å². The van der Waals surface area contributed by atoms with Gasteiger partial charge >= 0.3 is 5.43 Å². The number of halogens is 1. The third-order valence-electron chi connectivity index (χ3n) is 1.27. The third-order valence-corrected chi connectivity index (χ3v) is 1.37. The Morgan fingerprint density at radius 1 is 1.46 bits per heavy atom. The van der Waals surface area contributed by atoms with Crippen LogP contribution in [0.1, 0.15) is 13.8 Å². The van der Waals surface area contributed by atoms with E-state index < -0.39 is 5.43 Å². The molecule has 0 aliphatic rings. The Labute approximate surface area is 83.1 Å². The van der Waals surface area contributed by atoms with Crippen molar-refractivity contribution in [2.24, 2.45) is 0 Å². The maximum atomic E-state index is 10.2. The molecular formula is C8H15ClO4. The molecule has 0 aromatic heterocycles. The first-order valence-electron chi connectivity index (χ1n) is 4.18. The van der Waals surface area contributed by atoms with Crippen LogP contribution in [-0.4, -0.2) is 38.0 Å². The van der Waals surface area contributed by atoms with Crippen molar-refractivity contribution in [3.63, 3.8) is 0 Å². The molecule has 0 N–H and O–H groups in total. The van der Waals surface area contributed by atoms with Gasteiger partial charge < -0.3 is 14.2 Å². The van der Waals surface area contributed by atoms with Crippen molar-refractivity contribution in [2.45, 2.75) is 20.0 Å². The van der Waals surface area contributed by atoms with E-state index in [1.165, 1.54) is 0 Å². The Morgan fingerprint density at radius 2 is 2.15 bits per heavy atom. The normalized spacial score (nSPS) is 12.5. The van der Waals surface area contributed by atoms with Crippen molar-refractivity contribution < 1.29 is 19.0 Å². The fourth-order valence-corrected chi connectivity index (χ4v) is 0.747. The topological polar surface area (TPSA) is 44.8 Å². The number of carbonyl (C=O) groups excluding carboxylic acids is 1. The van der Waals surface area contributed by atoms with Crippen LogP contribution in [0.4, 0.5) is 4.79 Å². The van der Waals surface area contributed by atoms with Crippen LogP contribution in [0.3, 0.4) is 0 Å². The predicted molar refractivity (Wildman–Crippen MR) is 49.1 cm³/mol. The summed E-state index contributed by atoms with van der Waals surface area (Å²) in [7, 11) is 0. The SMILES string of the molecule is CCOCCOC(C)COC(=O)Cl. The number of carbonyl (C=O) groups is 1. The summed E-state index contributed by atoms with van der Waals surface area (Å²) in [5.74, 6) is 0. The molecule has 0 aromatic rings. The lowest BCUT2D eigenvalue weighted by Crippen LogP contribution is -2.19. The van der Waals surface area contributed by atoms with Gasteiger partial charge in [0.25, 0.3) is 0 Å². The zero-order valence-corrected chi connectivity index (χ0v) is 8.67. The summed E-state index contributed by atoms with van der Waals surface area (Å²) in [6.07, 6.45) is -0.150. The van der Waals surface area contributed by atoms with E-state index in [9.17, 15) is 4.79 Å². The van der Waals surface area contributed by atoms with Crippen molar-refractivity contribution in [3.8, 4) is 0 Å². The molecule has 0 spiro atoms. The maximum absolute atomic E-state index is 10.2. The maximum Gasteiger partial charge on any atom is 0.403 e. The molecule has 1 unspecified atom stereocenters. The molecule has 0 bridgehead atoms. The number of hydrogen-bond donors (Lipinski definition) is 0. The summed E-state index contributed by atoms with van der Waals surface area (Å²) in [6, 6.07) is 0. The lowest BCUT2D eigenvalue weighted by Gasteiger charge is -2.11. The molecular weight excluding hydrogens is 196 g/mol. The van der Waals surface area contributed by atoms with Gasteiger partial charge in [0, 0.05) is 18.2 Å². The molecule has 5 heteroatoms. The highest BCUT2D eigenvalue weighted by Crippen LogP contribution is 1.95. The second-order valence-electron chi connectivity index (χ2n) is 2.43. The average Bonchev–Trinajstić information content (AvgIpc) is 2.09. The second kappa shape index (κ2) is 8.29. The van der Waals surface area contributed by atoms with Gasteiger partial charge in [-0.1, -0.05) is 0 Å². The molecule has 0 amide bonds. The van der Waals surface area contributed by atoms with Gasteiger partial charge in [-0.3, -0.25) is 0 Å². The second-order valence-corrected chi connectivity index (χ2v) is 2.74. The summed E-state index contributed by atoms with van der Waals surface area (Å²) in [4.78, 5) is 10.2. The molecule has 0 aliphatic carbocycles. The fraction of sp³-hybridized carbons (Fsp3) is 0.875. The summed E-state index contributed by atoms with van der Waals surface area (Å²) in [5, 5.41) is 0. The van der Waals surface area contributed by atoms with Crippen LogP contribution in [0.2, 0.25) is 0 Å². The fourth-order valence-electron chi connectivity index (χ4n) is 0.684. The van der Waals surface area contributed by atoms with Gasteiger partial charge in [0.1, 0.15) is 6.61 Å². The van der Waals surface area contributed by atoms with E-state index in [4.69, 9.17) is 21.1 Å². The van der Waals surface area contributed by atoms with Gasteiger partial charge in [0.05, 0.1) is 19.3 Å². The zero-order valence-electron chi connectivity index (χ0n) is 7.92. The lowest BCUT2D eigenvalue weighted by molar-refractivity contribution is -0.00961. The van der Waals surface area contributed by atoms with Crippen molar-refractivity contribution in [1.82, 2.24) is 0 Å². The lowest BCUT2D eigenvalue weighted by atomic mass is 10.4. The highest BCUT2D eigenvalue weighted by molar-refractivity contribution is 6.61. The minimum atomic E-state index is -0.805. The molecule has 78 valence electrons. The first-order valence-corrected chi connectivity index (χ1v) is 4.56. The standard InChI is InChI=1S/C8H15ClO4/c1-3-11-4-5-12-7(2)6-13-8(9)10/h7H,3-6H2,1-2H3. The zero-order chi connectivity index (χ0) is 10.1. The van der Waals surface area contributed by atoms with Gasteiger partial charge in [-0.15, -0.1) is 0 Å². The Balaban J connectivity index is 3.19. The number of rotatable bonds is 7. The van der Waals surface area contributed by atoms with E-state index in [0.717, 1.165) is 0 Å². The molecule has 0 radical (unpaired) electrons. The molecule has 1 atom stereocenters. The monoisotopic (exact) mass is 210 g/mol. The number of hydrogen-bond acceptors (Lipinski definition) is 4. The minimum Gasteiger partial charge on any atom is -0.451 e. The first kappa shape index (κ1) is 12.7. The minimum absolute atomic E-state index is 0.150. The van der Waals surface area contributed by atoms with E-state index >= 15 is 0 Å². The third kappa shape index (κ3) is 9.60. The van der Waals surface area contributed by atoms with Gasteiger partial charge in [-0.2, -0.15) is 0 Å². The Kier molecular flexibility index (Phi) is 8.08. The summed E-state index contributed by atoms with van der Waals surface area (Å²) in [5.41, 5.74) is -0.805. The summed E-state index contributed by atoms with van der Waals surface area (Å²) >= 11 is 4.96. The molecule has 13 heavy (non-hydrogen) atoms. The van der Waals surface area contributed by atoms with E-state index in [1.807, 2.05) is 6.92 Å². The smallest absolute Gasteiger partial charge is 0.403 e. The highest BCUT2D eigenvalue weighted by atomic mass is 35.5. The van der Waals surface area contributed by atoms with Crippen molar-refractivity contribution in [2.75, 3.05) is 26.4 Å². The largest absolute Gasteiger partial charge is 0.451 e.